The van der Waals surface area contributed by atoms with Gasteiger partial charge in [0, 0.05) is 24.6 Å². The van der Waals surface area contributed by atoms with E-state index in [-0.39, 0.29) is 5.41 Å². The van der Waals surface area contributed by atoms with E-state index < -0.39 is 6.10 Å². The van der Waals surface area contributed by atoms with Gasteiger partial charge in [0.05, 0.1) is 20.3 Å². The van der Waals surface area contributed by atoms with Crippen LogP contribution >= 0.6 is 0 Å². The Kier molecular flexibility index (Phi) is 5.07. The molecule has 2 aromatic carbocycles. The number of ether oxygens (including phenoxy) is 2. The van der Waals surface area contributed by atoms with E-state index in [0.29, 0.717) is 0 Å². The quantitative estimate of drug-likeness (QED) is 0.781. The first kappa shape index (κ1) is 16.8. The average molecular weight is 327 g/mol. The minimum Gasteiger partial charge on any atom is -0.497 e. The lowest BCUT2D eigenvalue weighted by atomic mass is 9.92. The fraction of sp³-hybridized carbons (Fsp3) is 0.400. The molecule has 1 fully saturated rings. The summed E-state index contributed by atoms with van der Waals surface area (Å²) in [7, 11) is 3.31. The lowest BCUT2D eigenvalue weighted by Crippen LogP contribution is -2.28. The van der Waals surface area contributed by atoms with Crippen LogP contribution in [0.25, 0.3) is 0 Å². The molecule has 4 heteroatoms. The Morgan fingerprint density at radius 3 is 2.21 bits per heavy atom. The van der Waals surface area contributed by atoms with Crippen LogP contribution in [0.4, 0.5) is 0 Å². The molecular formula is C20H25NO3. The number of hydrogen-bond acceptors (Lipinski definition) is 4. The van der Waals surface area contributed by atoms with Crippen molar-refractivity contribution >= 4 is 0 Å². The summed E-state index contributed by atoms with van der Waals surface area (Å²) in [6, 6.07) is 15.8. The van der Waals surface area contributed by atoms with Crippen LogP contribution < -0.4 is 14.8 Å². The predicted molar refractivity (Wildman–Crippen MR) is 94.3 cm³/mol. The molecular weight excluding hydrogens is 302 g/mol. The molecule has 2 aromatic rings. The van der Waals surface area contributed by atoms with Gasteiger partial charge in [0.1, 0.15) is 11.5 Å². The SMILES string of the molecule is COc1cc(CNCC2(C(O)c3ccccc3)CC2)cc(OC)c1. The van der Waals surface area contributed by atoms with Gasteiger partial charge in [-0.3, -0.25) is 0 Å². The highest BCUT2D eigenvalue weighted by atomic mass is 16.5. The molecule has 0 radical (unpaired) electrons. The molecule has 0 heterocycles. The summed E-state index contributed by atoms with van der Waals surface area (Å²) in [6.45, 7) is 1.51. The summed E-state index contributed by atoms with van der Waals surface area (Å²) in [4.78, 5) is 0. The molecule has 1 saturated carbocycles. The van der Waals surface area contributed by atoms with Gasteiger partial charge in [0.2, 0.25) is 0 Å². The highest BCUT2D eigenvalue weighted by Gasteiger charge is 2.48. The molecule has 128 valence electrons. The molecule has 1 unspecified atom stereocenters. The topological polar surface area (TPSA) is 50.7 Å². The van der Waals surface area contributed by atoms with Crippen LogP contribution in [0, 0.1) is 5.41 Å². The largest absolute Gasteiger partial charge is 0.497 e. The molecule has 0 aromatic heterocycles. The van der Waals surface area contributed by atoms with Crippen molar-refractivity contribution in [2.75, 3.05) is 20.8 Å². The van der Waals surface area contributed by atoms with E-state index in [2.05, 4.69) is 5.32 Å². The van der Waals surface area contributed by atoms with E-state index in [9.17, 15) is 5.11 Å². The van der Waals surface area contributed by atoms with Crippen molar-refractivity contribution < 1.29 is 14.6 Å². The molecule has 1 atom stereocenters. The molecule has 4 nitrogen and oxygen atoms in total. The third-order valence-corrected chi connectivity index (χ3v) is 4.81. The average Bonchev–Trinajstić information content (AvgIpc) is 3.42. The van der Waals surface area contributed by atoms with Gasteiger partial charge in [-0.2, -0.15) is 0 Å². The summed E-state index contributed by atoms with van der Waals surface area (Å²) in [5.74, 6) is 1.58. The Bertz CT molecular complexity index is 646. The standard InChI is InChI=1S/C20H25NO3/c1-23-17-10-15(11-18(12-17)24-2)13-21-14-20(8-9-20)19(22)16-6-4-3-5-7-16/h3-7,10-12,19,21-22H,8-9,13-14H2,1-2H3. The summed E-state index contributed by atoms with van der Waals surface area (Å²) < 4.78 is 10.6. The molecule has 1 aliphatic carbocycles. The first-order valence-electron chi connectivity index (χ1n) is 8.32. The number of rotatable bonds is 8. The fourth-order valence-corrected chi connectivity index (χ4v) is 3.12. The fourth-order valence-electron chi connectivity index (χ4n) is 3.12. The highest BCUT2D eigenvalue weighted by Crippen LogP contribution is 2.54. The van der Waals surface area contributed by atoms with Crippen LogP contribution in [0.2, 0.25) is 0 Å². The second-order valence-electron chi connectivity index (χ2n) is 6.50. The van der Waals surface area contributed by atoms with Crippen molar-refractivity contribution in [1.29, 1.82) is 0 Å². The van der Waals surface area contributed by atoms with Gasteiger partial charge >= 0.3 is 0 Å². The molecule has 0 aliphatic heterocycles. The van der Waals surface area contributed by atoms with Crippen LogP contribution in [-0.2, 0) is 6.54 Å². The molecule has 3 rings (SSSR count). The number of methoxy groups -OCH3 is 2. The minimum atomic E-state index is -0.411. The van der Waals surface area contributed by atoms with Gasteiger partial charge < -0.3 is 19.9 Å². The van der Waals surface area contributed by atoms with E-state index in [4.69, 9.17) is 9.47 Å². The van der Waals surface area contributed by atoms with Crippen LogP contribution in [0.1, 0.15) is 30.1 Å². The zero-order valence-corrected chi connectivity index (χ0v) is 14.3. The van der Waals surface area contributed by atoms with Crippen molar-refractivity contribution in [3.8, 4) is 11.5 Å². The number of hydrogen-bond donors (Lipinski definition) is 2. The Hall–Kier alpha value is -2.04. The van der Waals surface area contributed by atoms with Gasteiger partial charge in [0.15, 0.2) is 0 Å². The van der Waals surface area contributed by atoms with Gasteiger partial charge in [-0.05, 0) is 36.1 Å². The molecule has 0 bridgehead atoms. The van der Waals surface area contributed by atoms with Gasteiger partial charge in [-0.1, -0.05) is 30.3 Å². The Balaban J connectivity index is 1.60. The van der Waals surface area contributed by atoms with Crippen LogP contribution in [0.5, 0.6) is 11.5 Å². The van der Waals surface area contributed by atoms with Crippen molar-refractivity contribution in [2.45, 2.75) is 25.5 Å². The van der Waals surface area contributed by atoms with E-state index in [0.717, 1.165) is 48.6 Å². The second kappa shape index (κ2) is 7.24. The number of aliphatic hydroxyl groups excluding tert-OH is 1. The summed E-state index contributed by atoms with van der Waals surface area (Å²) >= 11 is 0. The third kappa shape index (κ3) is 3.71. The minimum absolute atomic E-state index is 0.0374. The first-order valence-corrected chi connectivity index (χ1v) is 8.32. The normalized spacial score (nSPS) is 16.5. The molecule has 0 saturated heterocycles. The van der Waals surface area contributed by atoms with E-state index in [1.165, 1.54) is 0 Å². The molecule has 0 amide bonds. The molecule has 24 heavy (non-hydrogen) atoms. The maximum atomic E-state index is 10.7. The Morgan fingerprint density at radius 1 is 1.04 bits per heavy atom. The maximum absolute atomic E-state index is 10.7. The first-order chi connectivity index (χ1) is 11.7. The van der Waals surface area contributed by atoms with E-state index in [1.54, 1.807) is 14.2 Å². The maximum Gasteiger partial charge on any atom is 0.122 e. The predicted octanol–water partition coefficient (Wildman–Crippen LogP) is 3.31. The summed E-state index contributed by atoms with van der Waals surface area (Å²) in [5.41, 5.74) is 2.07. The number of nitrogens with one attached hydrogen (secondary N) is 1. The van der Waals surface area contributed by atoms with Gasteiger partial charge in [-0.25, -0.2) is 0 Å². The monoisotopic (exact) mass is 327 g/mol. The Labute approximate surface area is 143 Å². The van der Waals surface area contributed by atoms with Gasteiger partial charge in [0.25, 0.3) is 0 Å². The van der Waals surface area contributed by atoms with Crippen molar-refractivity contribution in [3.63, 3.8) is 0 Å². The van der Waals surface area contributed by atoms with E-state index >= 15 is 0 Å². The highest BCUT2D eigenvalue weighted by molar-refractivity contribution is 5.38. The van der Waals surface area contributed by atoms with E-state index in [1.807, 2.05) is 48.5 Å². The van der Waals surface area contributed by atoms with Gasteiger partial charge in [-0.15, -0.1) is 0 Å². The number of benzene rings is 2. The summed E-state index contributed by atoms with van der Waals surface area (Å²) in [6.07, 6.45) is 1.70. The lowest BCUT2D eigenvalue weighted by molar-refractivity contribution is 0.0917. The zero-order chi connectivity index (χ0) is 17.0. The third-order valence-electron chi connectivity index (χ3n) is 4.81. The Morgan fingerprint density at radius 2 is 1.67 bits per heavy atom. The smallest absolute Gasteiger partial charge is 0.122 e. The summed E-state index contributed by atoms with van der Waals surface area (Å²) in [5, 5.41) is 14.2. The van der Waals surface area contributed by atoms with Crippen molar-refractivity contribution in [3.05, 3.63) is 59.7 Å². The number of aliphatic hydroxyl groups is 1. The van der Waals surface area contributed by atoms with Crippen molar-refractivity contribution in [2.24, 2.45) is 5.41 Å². The zero-order valence-electron chi connectivity index (χ0n) is 14.3. The lowest BCUT2D eigenvalue weighted by Gasteiger charge is -2.23. The van der Waals surface area contributed by atoms with Crippen LogP contribution in [-0.4, -0.2) is 25.9 Å². The van der Waals surface area contributed by atoms with Crippen molar-refractivity contribution in [1.82, 2.24) is 5.32 Å². The van der Waals surface area contributed by atoms with Crippen LogP contribution in [0.15, 0.2) is 48.5 Å². The molecule has 2 N–H and O–H groups in total. The molecule has 1 aliphatic rings. The van der Waals surface area contributed by atoms with Crippen LogP contribution in [0.3, 0.4) is 0 Å². The molecule has 0 spiro atoms. The second-order valence-corrected chi connectivity index (χ2v) is 6.50.